The van der Waals surface area contributed by atoms with Gasteiger partial charge in [0.1, 0.15) is 0 Å². The summed E-state index contributed by atoms with van der Waals surface area (Å²) >= 11 is 0. The molecule has 1 aromatic carbocycles. The largest absolute Gasteiger partial charge is 0.472 e. The average Bonchev–Trinajstić information content (AvgIpc) is 2.92. The first kappa shape index (κ1) is 11.0. The van der Waals surface area contributed by atoms with Crippen molar-refractivity contribution in [1.82, 2.24) is 10.3 Å². The van der Waals surface area contributed by atoms with E-state index in [2.05, 4.69) is 34.6 Å². The van der Waals surface area contributed by atoms with Crippen molar-refractivity contribution in [3.8, 4) is 0 Å². The van der Waals surface area contributed by atoms with Gasteiger partial charge in [-0.1, -0.05) is 24.3 Å². The van der Waals surface area contributed by atoms with Crippen molar-refractivity contribution in [2.24, 2.45) is 0 Å². The number of aromatic nitrogens is 1. The van der Waals surface area contributed by atoms with Crippen molar-refractivity contribution >= 4 is 10.9 Å². The number of furan rings is 1. The van der Waals surface area contributed by atoms with Crippen molar-refractivity contribution in [3.63, 3.8) is 0 Å². The van der Waals surface area contributed by atoms with E-state index in [0.29, 0.717) is 0 Å². The van der Waals surface area contributed by atoms with Gasteiger partial charge in [0.15, 0.2) is 0 Å². The number of fused-ring (bicyclic) bond motifs is 1. The summed E-state index contributed by atoms with van der Waals surface area (Å²) in [5, 5.41) is 4.58. The fourth-order valence-electron chi connectivity index (χ4n) is 2.04. The lowest BCUT2D eigenvalue weighted by molar-refractivity contribution is 0.560. The van der Waals surface area contributed by atoms with Gasteiger partial charge in [-0.25, -0.2) is 0 Å². The molecule has 2 aromatic heterocycles. The van der Waals surface area contributed by atoms with E-state index in [4.69, 9.17) is 4.42 Å². The lowest BCUT2D eigenvalue weighted by atomic mass is 10.1. The third kappa shape index (κ3) is 2.26. The van der Waals surface area contributed by atoms with E-state index in [9.17, 15) is 0 Å². The zero-order chi connectivity index (χ0) is 12.2. The van der Waals surface area contributed by atoms with Gasteiger partial charge < -0.3 is 9.73 Å². The zero-order valence-corrected chi connectivity index (χ0v) is 9.97. The van der Waals surface area contributed by atoms with Crippen molar-refractivity contribution in [3.05, 3.63) is 66.2 Å². The van der Waals surface area contributed by atoms with Gasteiger partial charge in [0, 0.05) is 30.2 Å². The van der Waals surface area contributed by atoms with Gasteiger partial charge in [-0.05, 0) is 17.7 Å². The minimum atomic E-state index is 0.805. The first-order valence-electron chi connectivity index (χ1n) is 5.98. The number of nitrogens with one attached hydrogen (secondary N) is 1. The van der Waals surface area contributed by atoms with Gasteiger partial charge in [0.05, 0.1) is 18.0 Å². The van der Waals surface area contributed by atoms with Crippen LogP contribution in [0.25, 0.3) is 10.9 Å². The second kappa shape index (κ2) is 5.02. The Labute approximate surface area is 105 Å². The maximum absolute atomic E-state index is 5.04. The van der Waals surface area contributed by atoms with E-state index in [-0.39, 0.29) is 0 Å². The molecule has 0 bridgehead atoms. The molecule has 3 heteroatoms. The molecule has 0 spiro atoms. The highest BCUT2D eigenvalue weighted by molar-refractivity contribution is 5.81. The second-order valence-corrected chi connectivity index (χ2v) is 4.23. The summed E-state index contributed by atoms with van der Waals surface area (Å²) in [5.74, 6) is 0. The lowest BCUT2D eigenvalue weighted by Crippen LogP contribution is -2.12. The van der Waals surface area contributed by atoms with E-state index < -0.39 is 0 Å². The van der Waals surface area contributed by atoms with E-state index >= 15 is 0 Å². The van der Waals surface area contributed by atoms with Gasteiger partial charge in [0.2, 0.25) is 0 Å². The minimum Gasteiger partial charge on any atom is -0.472 e. The molecule has 0 atom stereocenters. The van der Waals surface area contributed by atoms with E-state index in [1.54, 1.807) is 12.5 Å². The van der Waals surface area contributed by atoms with Crippen LogP contribution < -0.4 is 5.32 Å². The molecule has 3 aromatic rings. The quantitative estimate of drug-likeness (QED) is 0.759. The Hall–Kier alpha value is -2.13. The number of hydrogen-bond donors (Lipinski definition) is 1. The maximum Gasteiger partial charge on any atom is 0.0947 e. The highest BCUT2D eigenvalue weighted by atomic mass is 16.3. The molecule has 90 valence electrons. The third-order valence-corrected chi connectivity index (χ3v) is 2.94. The van der Waals surface area contributed by atoms with Crippen molar-refractivity contribution in [1.29, 1.82) is 0 Å². The SMILES string of the molecule is c1cnc2c(CNCc3ccoc3)cccc2c1. The molecule has 0 aliphatic rings. The molecule has 0 saturated carbocycles. The molecule has 0 saturated heterocycles. The predicted molar refractivity (Wildman–Crippen MR) is 71.0 cm³/mol. The summed E-state index contributed by atoms with van der Waals surface area (Å²) in [6.07, 6.45) is 5.28. The van der Waals surface area contributed by atoms with Crippen LogP contribution in [-0.2, 0) is 13.1 Å². The van der Waals surface area contributed by atoms with Crippen LogP contribution in [0, 0.1) is 0 Å². The Morgan fingerprint density at radius 3 is 2.89 bits per heavy atom. The normalized spacial score (nSPS) is 10.9. The highest BCUT2D eigenvalue weighted by Gasteiger charge is 2.01. The second-order valence-electron chi connectivity index (χ2n) is 4.23. The van der Waals surface area contributed by atoms with Crippen LogP contribution in [0.4, 0.5) is 0 Å². The third-order valence-electron chi connectivity index (χ3n) is 2.94. The smallest absolute Gasteiger partial charge is 0.0947 e. The summed E-state index contributed by atoms with van der Waals surface area (Å²) in [6.45, 7) is 1.61. The first-order valence-corrected chi connectivity index (χ1v) is 5.98. The number of nitrogens with zero attached hydrogens (tertiary/aromatic N) is 1. The molecule has 0 unspecified atom stereocenters. The minimum absolute atomic E-state index is 0.805. The molecule has 2 heterocycles. The van der Waals surface area contributed by atoms with Crippen molar-refractivity contribution in [2.75, 3.05) is 0 Å². The van der Waals surface area contributed by atoms with Gasteiger partial charge in [0.25, 0.3) is 0 Å². The number of benzene rings is 1. The van der Waals surface area contributed by atoms with E-state index in [1.807, 2.05) is 18.3 Å². The van der Waals surface area contributed by atoms with Crippen LogP contribution >= 0.6 is 0 Å². The maximum atomic E-state index is 5.04. The molecule has 0 fully saturated rings. The number of hydrogen-bond acceptors (Lipinski definition) is 3. The molecule has 3 nitrogen and oxygen atoms in total. The highest BCUT2D eigenvalue weighted by Crippen LogP contribution is 2.15. The number of rotatable bonds is 4. The van der Waals surface area contributed by atoms with Crippen molar-refractivity contribution < 1.29 is 4.42 Å². The molecule has 0 aliphatic carbocycles. The van der Waals surface area contributed by atoms with Crippen LogP contribution in [0.3, 0.4) is 0 Å². The van der Waals surface area contributed by atoms with Crippen LogP contribution in [0.2, 0.25) is 0 Å². The molecule has 0 amide bonds. The Balaban J connectivity index is 1.74. The van der Waals surface area contributed by atoms with Gasteiger partial charge in [-0.2, -0.15) is 0 Å². The summed E-state index contributed by atoms with van der Waals surface area (Å²) in [5.41, 5.74) is 3.44. The lowest BCUT2D eigenvalue weighted by Gasteiger charge is -2.06. The van der Waals surface area contributed by atoms with Crippen LogP contribution in [0.5, 0.6) is 0 Å². The predicted octanol–water partition coefficient (Wildman–Crippen LogP) is 3.12. The fraction of sp³-hybridized carbons (Fsp3) is 0.133. The molecule has 18 heavy (non-hydrogen) atoms. The Morgan fingerprint density at radius 2 is 2.00 bits per heavy atom. The van der Waals surface area contributed by atoms with Crippen LogP contribution in [-0.4, -0.2) is 4.98 Å². The standard InChI is InChI=1S/C15H14N2O/c1-3-13-5-2-7-17-15(13)14(4-1)10-16-9-12-6-8-18-11-12/h1-8,11,16H,9-10H2. The zero-order valence-electron chi connectivity index (χ0n) is 9.97. The fourth-order valence-corrected chi connectivity index (χ4v) is 2.04. The van der Waals surface area contributed by atoms with Gasteiger partial charge in [-0.15, -0.1) is 0 Å². The Morgan fingerprint density at radius 1 is 1.06 bits per heavy atom. The van der Waals surface area contributed by atoms with Crippen LogP contribution in [0.15, 0.2) is 59.5 Å². The Kier molecular flexibility index (Phi) is 3.07. The number of pyridine rings is 1. The molecule has 0 aliphatic heterocycles. The van der Waals surface area contributed by atoms with E-state index in [0.717, 1.165) is 24.2 Å². The Bertz CT molecular complexity index is 627. The summed E-state index contributed by atoms with van der Waals surface area (Å²) in [7, 11) is 0. The molecule has 1 N–H and O–H groups in total. The van der Waals surface area contributed by atoms with E-state index in [1.165, 1.54) is 10.9 Å². The van der Waals surface area contributed by atoms with Crippen LogP contribution in [0.1, 0.15) is 11.1 Å². The van der Waals surface area contributed by atoms with Crippen molar-refractivity contribution in [2.45, 2.75) is 13.1 Å². The first-order chi connectivity index (χ1) is 8.93. The molecular formula is C15H14N2O. The summed E-state index contributed by atoms with van der Waals surface area (Å²) < 4.78 is 5.04. The monoisotopic (exact) mass is 238 g/mol. The topological polar surface area (TPSA) is 38.1 Å². The summed E-state index contributed by atoms with van der Waals surface area (Å²) in [6, 6.07) is 12.3. The molecule has 3 rings (SSSR count). The summed E-state index contributed by atoms with van der Waals surface area (Å²) in [4.78, 5) is 4.44. The number of para-hydroxylation sites is 1. The average molecular weight is 238 g/mol. The molecule has 0 radical (unpaired) electrons. The van der Waals surface area contributed by atoms with Gasteiger partial charge >= 0.3 is 0 Å². The molecular weight excluding hydrogens is 224 g/mol. The van der Waals surface area contributed by atoms with Gasteiger partial charge in [-0.3, -0.25) is 4.98 Å².